The third kappa shape index (κ3) is 20.6. The van der Waals surface area contributed by atoms with Crippen LogP contribution >= 0.6 is 11.8 Å². The Morgan fingerprint density at radius 2 is 1.41 bits per heavy atom. The van der Waals surface area contributed by atoms with Crippen molar-refractivity contribution in [2.75, 3.05) is 46.3 Å². The number of allylic oxidation sites excluding steroid dienone is 3. The van der Waals surface area contributed by atoms with Crippen LogP contribution in [0.25, 0.3) is 0 Å². The van der Waals surface area contributed by atoms with Gasteiger partial charge < -0.3 is 34.6 Å². The number of ether oxygens (including phenoxy) is 2. The van der Waals surface area contributed by atoms with Crippen molar-refractivity contribution in [2.45, 2.75) is 130 Å². The van der Waals surface area contributed by atoms with E-state index in [1.54, 1.807) is 26.4 Å². The molecule has 0 aromatic heterocycles. The number of rotatable bonds is 21. The Balaban J connectivity index is 0.00000126. The molecule has 3 rings (SSSR count). The summed E-state index contributed by atoms with van der Waals surface area (Å²) in [5, 5.41) is 30.0. The Bertz CT molecular complexity index is 1600. The predicted octanol–water partition coefficient (Wildman–Crippen LogP) is 11.7. The molecule has 334 valence electrons. The molecular formula is C48H75F3N2O5S. The van der Waals surface area contributed by atoms with E-state index in [4.69, 9.17) is 9.47 Å². The van der Waals surface area contributed by atoms with Crippen LogP contribution in [0.2, 0.25) is 0 Å². The van der Waals surface area contributed by atoms with Gasteiger partial charge >= 0.3 is 0 Å². The number of aryl methyl sites for hydroxylation is 1. The van der Waals surface area contributed by atoms with Crippen LogP contribution < -0.4 is 14.4 Å². The standard InChI is InChI=1S/C29H40F3NO3S.C13H19NO2.C4H10.C2H6/c1-5-8-27(34)29(36)28(35)17-33(4)14-7-6-9-21-15-25(31)24(26(32)16-21)18-37-20(3)19(2)22-10-12-23(30)13-11-22;1-6-10(2)14(3)11-7-8-12(15-4)13(9-11)16-5;1-3-4-2;1-2/h10-13,15-16,19,27-29,34-36H,3,5-9,14,17-18H2,1-2,4H3;6-9H,1-5H3;3-4H2,1-2H3;1-2H3/b;10-6+;;. The lowest BCUT2D eigenvalue weighted by atomic mass is 10.0. The van der Waals surface area contributed by atoms with Gasteiger partial charge in [-0.2, -0.15) is 0 Å². The van der Waals surface area contributed by atoms with Crippen LogP contribution in [0.4, 0.5) is 18.9 Å². The quantitative estimate of drug-likeness (QED) is 0.0914. The van der Waals surface area contributed by atoms with Gasteiger partial charge in [0, 0.05) is 48.3 Å². The van der Waals surface area contributed by atoms with E-state index in [-0.39, 0.29) is 29.6 Å². The number of hydrogen-bond donors (Lipinski definition) is 3. The summed E-state index contributed by atoms with van der Waals surface area (Å²) in [6.07, 6.45) is 4.64. The van der Waals surface area contributed by atoms with Gasteiger partial charge in [0.1, 0.15) is 23.6 Å². The molecule has 3 N–H and O–H groups in total. The highest BCUT2D eigenvalue weighted by Gasteiger charge is 2.25. The van der Waals surface area contributed by atoms with Gasteiger partial charge in [0.15, 0.2) is 11.5 Å². The molecule has 0 aliphatic rings. The minimum absolute atomic E-state index is 0.0127. The highest BCUT2D eigenvalue weighted by Crippen LogP contribution is 2.35. The monoisotopic (exact) mass is 849 g/mol. The second-order valence-corrected chi connectivity index (χ2v) is 15.3. The first-order chi connectivity index (χ1) is 28.1. The van der Waals surface area contributed by atoms with Crippen LogP contribution in [0.5, 0.6) is 11.5 Å². The third-order valence-corrected chi connectivity index (χ3v) is 10.9. The van der Waals surface area contributed by atoms with Gasteiger partial charge in [-0.3, -0.25) is 0 Å². The van der Waals surface area contributed by atoms with E-state index in [2.05, 4.69) is 38.3 Å². The van der Waals surface area contributed by atoms with E-state index in [0.29, 0.717) is 37.8 Å². The van der Waals surface area contributed by atoms with E-state index < -0.39 is 29.9 Å². The lowest BCUT2D eigenvalue weighted by Crippen LogP contribution is -2.43. The molecule has 11 heteroatoms. The molecular weight excluding hydrogens is 774 g/mol. The summed E-state index contributed by atoms with van der Waals surface area (Å²) in [6.45, 7) is 21.2. The normalized spacial score (nSPS) is 13.0. The smallest absolute Gasteiger partial charge is 0.162 e. The summed E-state index contributed by atoms with van der Waals surface area (Å²) in [4.78, 5) is 4.71. The van der Waals surface area contributed by atoms with Crippen molar-refractivity contribution in [1.82, 2.24) is 4.90 Å². The number of anilines is 1. The van der Waals surface area contributed by atoms with E-state index in [1.807, 2.05) is 71.8 Å². The van der Waals surface area contributed by atoms with Crippen molar-refractivity contribution in [1.29, 1.82) is 0 Å². The molecule has 4 atom stereocenters. The van der Waals surface area contributed by atoms with Crippen LogP contribution in [0, 0.1) is 17.5 Å². The van der Waals surface area contributed by atoms with E-state index in [0.717, 1.165) is 34.1 Å². The minimum Gasteiger partial charge on any atom is -0.493 e. The molecule has 0 fully saturated rings. The van der Waals surface area contributed by atoms with Gasteiger partial charge in [0.05, 0.1) is 26.4 Å². The van der Waals surface area contributed by atoms with E-state index in [1.165, 1.54) is 54.6 Å². The molecule has 0 saturated heterocycles. The highest BCUT2D eigenvalue weighted by molar-refractivity contribution is 8.02. The Kier molecular flexibility index (Phi) is 29.6. The predicted molar refractivity (Wildman–Crippen MR) is 244 cm³/mol. The second-order valence-electron chi connectivity index (χ2n) is 14.2. The molecule has 0 saturated carbocycles. The Hall–Kier alpha value is -3.48. The number of hydrogen-bond acceptors (Lipinski definition) is 8. The van der Waals surface area contributed by atoms with Crippen molar-refractivity contribution >= 4 is 17.4 Å². The van der Waals surface area contributed by atoms with Gasteiger partial charge in [-0.15, -0.1) is 11.8 Å². The van der Waals surface area contributed by atoms with Crippen molar-refractivity contribution in [3.8, 4) is 11.5 Å². The number of benzene rings is 3. The number of methoxy groups -OCH3 is 2. The average Bonchev–Trinajstić information content (AvgIpc) is 3.24. The number of unbranched alkanes of at least 4 members (excludes halogenated alkanes) is 2. The average molecular weight is 849 g/mol. The Morgan fingerprint density at radius 3 is 1.92 bits per heavy atom. The number of likely N-dealkylation sites (N-methyl/N-ethyl adjacent to an activating group) is 1. The molecule has 3 aromatic rings. The van der Waals surface area contributed by atoms with Crippen LogP contribution in [0.15, 0.2) is 77.9 Å². The summed E-state index contributed by atoms with van der Waals surface area (Å²) < 4.78 is 53.0. The topological polar surface area (TPSA) is 85.6 Å². The van der Waals surface area contributed by atoms with Crippen LogP contribution in [-0.4, -0.2) is 79.9 Å². The maximum Gasteiger partial charge on any atom is 0.162 e. The minimum atomic E-state index is -1.19. The summed E-state index contributed by atoms with van der Waals surface area (Å²) >= 11 is 1.28. The lowest BCUT2D eigenvalue weighted by molar-refractivity contribution is -0.0695. The van der Waals surface area contributed by atoms with Crippen molar-refractivity contribution in [2.24, 2.45) is 0 Å². The highest BCUT2D eigenvalue weighted by atomic mass is 32.2. The van der Waals surface area contributed by atoms with Crippen molar-refractivity contribution in [3.05, 3.63) is 112 Å². The number of nitrogens with zero attached hydrogens (tertiary/aromatic N) is 2. The fourth-order valence-electron chi connectivity index (χ4n) is 5.55. The second kappa shape index (κ2) is 31.4. The maximum absolute atomic E-state index is 14.7. The third-order valence-electron chi connectivity index (χ3n) is 9.78. The molecule has 7 nitrogen and oxygen atoms in total. The molecule has 3 aromatic carbocycles. The first kappa shape index (κ1) is 55.5. The number of thioether (sulfide) groups is 1. The molecule has 0 aliphatic carbocycles. The molecule has 59 heavy (non-hydrogen) atoms. The fourth-order valence-corrected chi connectivity index (χ4v) is 6.54. The summed E-state index contributed by atoms with van der Waals surface area (Å²) in [5.74, 6) is 0.0547. The first-order valence-electron chi connectivity index (χ1n) is 20.9. The number of halogens is 3. The molecule has 0 radical (unpaired) electrons. The summed E-state index contributed by atoms with van der Waals surface area (Å²) in [6, 6.07) is 14.8. The molecule has 0 spiro atoms. The zero-order valence-electron chi connectivity index (χ0n) is 38.0. The SMILES string of the molecule is C/C=C(\C)N(C)c1ccc(OC)c(OC)c1.C=C(SCc1c(F)cc(CCCCN(C)CC(O)C(O)C(O)CCC)cc1F)C(C)c1ccc(F)cc1.CC.CCCC. The zero-order chi connectivity index (χ0) is 45.1. The molecule has 0 aliphatic heterocycles. The molecule has 4 unspecified atom stereocenters. The van der Waals surface area contributed by atoms with Crippen molar-refractivity contribution < 1.29 is 38.0 Å². The lowest BCUT2D eigenvalue weighted by Gasteiger charge is -2.26. The largest absolute Gasteiger partial charge is 0.493 e. The number of aliphatic hydroxyl groups excluding tert-OH is 3. The van der Waals surface area contributed by atoms with Gasteiger partial charge in [0.2, 0.25) is 0 Å². The van der Waals surface area contributed by atoms with Crippen molar-refractivity contribution in [3.63, 3.8) is 0 Å². The maximum atomic E-state index is 14.7. The molecule has 0 heterocycles. The first-order valence-corrected chi connectivity index (χ1v) is 21.9. The Morgan fingerprint density at radius 1 is 0.831 bits per heavy atom. The fraction of sp³-hybridized carbons (Fsp3) is 0.542. The van der Waals surface area contributed by atoms with Crippen LogP contribution in [0.3, 0.4) is 0 Å². The number of aliphatic hydroxyl groups is 3. The summed E-state index contributed by atoms with van der Waals surface area (Å²) in [7, 11) is 7.12. The zero-order valence-corrected chi connectivity index (χ0v) is 38.8. The van der Waals surface area contributed by atoms with Gasteiger partial charge in [-0.25, -0.2) is 13.2 Å². The van der Waals surface area contributed by atoms with Crippen LogP contribution in [-0.2, 0) is 12.2 Å². The molecule has 0 bridgehead atoms. The van der Waals surface area contributed by atoms with E-state index >= 15 is 0 Å². The van der Waals surface area contributed by atoms with Gasteiger partial charge in [0.25, 0.3) is 0 Å². The molecule has 0 amide bonds. The van der Waals surface area contributed by atoms with Crippen LogP contribution in [0.1, 0.15) is 117 Å². The Labute approximate surface area is 359 Å². The van der Waals surface area contributed by atoms with E-state index in [9.17, 15) is 28.5 Å². The summed E-state index contributed by atoms with van der Waals surface area (Å²) in [5.41, 5.74) is 3.75. The van der Waals surface area contributed by atoms with Gasteiger partial charge in [-0.1, -0.05) is 85.6 Å². The van der Waals surface area contributed by atoms with Gasteiger partial charge in [-0.05, 0) is 106 Å².